The van der Waals surface area contributed by atoms with Gasteiger partial charge in [-0.1, -0.05) is 34.5 Å². The van der Waals surface area contributed by atoms with Crippen molar-refractivity contribution in [2.75, 3.05) is 27.2 Å². The molecule has 1 aromatic carbocycles. The number of likely N-dealkylation sites (N-methyl/N-ethyl adjacent to an activating group) is 2. The molecule has 0 unspecified atom stereocenters. The van der Waals surface area contributed by atoms with Crippen LogP contribution in [0.15, 0.2) is 28.7 Å². The summed E-state index contributed by atoms with van der Waals surface area (Å²) in [5.41, 5.74) is 0.881. The number of nitrogens with one attached hydrogen (secondary N) is 1. The van der Waals surface area contributed by atoms with Gasteiger partial charge in [-0.15, -0.1) is 0 Å². The Labute approximate surface area is 123 Å². The molecule has 4 heteroatoms. The summed E-state index contributed by atoms with van der Waals surface area (Å²) in [6.07, 6.45) is 3.08. The first-order chi connectivity index (χ1) is 9.10. The van der Waals surface area contributed by atoms with Crippen molar-refractivity contribution in [1.29, 1.82) is 0 Å². The minimum absolute atomic E-state index is 0.260. The van der Waals surface area contributed by atoms with Crippen LogP contribution in [0.5, 0.6) is 0 Å². The fourth-order valence-corrected chi connectivity index (χ4v) is 2.94. The highest BCUT2D eigenvalue weighted by atomic mass is 79.9. The van der Waals surface area contributed by atoms with Gasteiger partial charge in [0.25, 0.3) is 0 Å². The summed E-state index contributed by atoms with van der Waals surface area (Å²) in [5, 5.41) is 3.09. The van der Waals surface area contributed by atoms with E-state index in [9.17, 15) is 4.79 Å². The Hall–Kier alpha value is -0.870. The molecule has 0 saturated heterocycles. The molecule has 1 aromatic rings. The molecule has 0 radical (unpaired) electrons. The quantitative estimate of drug-likeness (QED) is 0.902. The Morgan fingerprint density at radius 3 is 2.47 bits per heavy atom. The van der Waals surface area contributed by atoms with Gasteiger partial charge in [0.15, 0.2) is 0 Å². The van der Waals surface area contributed by atoms with Crippen LogP contribution in [-0.2, 0) is 10.2 Å². The number of carbonyl (C=O) groups excluding carboxylic acids is 1. The third kappa shape index (κ3) is 2.84. The molecule has 0 heterocycles. The molecule has 2 rings (SSSR count). The number of carbonyl (C=O) groups is 1. The second-order valence-electron chi connectivity index (χ2n) is 5.27. The smallest absolute Gasteiger partial charge is 0.233 e. The predicted octanol–water partition coefficient (Wildman–Crippen LogP) is 2.55. The molecule has 0 aliphatic heterocycles. The standard InChI is InChI=1S/C15H21BrN2O/c1-17-10-11-18(2)14(19)15(8-3-9-15)12-4-6-13(16)7-5-12/h4-7,17H,3,8-11H2,1-2H3. The van der Waals surface area contributed by atoms with Crippen LogP contribution in [-0.4, -0.2) is 38.0 Å². The molecule has 0 atom stereocenters. The van der Waals surface area contributed by atoms with Crippen molar-refractivity contribution in [1.82, 2.24) is 10.2 Å². The van der Waals surface area contributed by atoms with Crippen molar-refractivity contribution in [2.24, 2.45) is 0 Å². The molecule has 3 nitrogen and oxygen atoms in total. The number of halogens is 1. The highest BCUT2D eigenvalue weighted by molar-refractivity contribution is 9.10. The van der Waals surface area contributed by atoms with Gasteiger partial charge in [0.2, 0.25) is 5.91 Å². The van der Waals surface area contributed by atoms with Crippen LogP contribution < -0.4 is 5.32 Å². The minimum Gasteiger partial charge on any atom is -0.344 e. The highest BCUT2D eigenvalue weighted by Gasteiger charge is 2.46. The van der Waals surface area contributed by atoms with E-state index in [0.29, 0.717) is 0 Å². The second-order valence-corrected chi connectivity index (χ2v) is 6.19. The zero-order chi connectivity index (χ0) is 13.9. The molecule has 1 N–H and O–H groups in total. The first kappa shape index (κ1) is 14.5. The van der Waals surface area contributed by atoms with Crippen molar-refractivity contribution >= 4 is 21.8 Å². The van der Waals surface area contributed by atoms with Crippen LogP contribution >= 0.6 is 15.9 Å². The zero-order valence-electron chi connectivity index (χ0n) is 11.6. The number of amides is 1. The average Bonchev–Trinajstić information content (AvgIpc) is 2.36. The molecule has 0 aromatic heterocycles. The molecule has 104 valence electrons. The number of benzene rings is 1. The lowest BCUT2D eigenvalue weighted by atomic mass is 9.63. The van der Waals surface area contributed by atoms with Gasteiger partial charge < -0.3 is 10.2 Å². The van der Waals surface area contributed by atoms with E-state index >= 15 is 0 Å². The normalized spacial score (nSPS) is 16.8. The zero-order valence-corrected chi connectivity index (χ0v) is 13.2. The van der Waals surface area contributed by atoms with Gasteiger partial charge in [0, 0.05) is 24.6 Å². The lowest BCUT2D eigenvalue weighted by molar-refractivity contribution is -0.139. The Morgan fingerprint density at radius 1 is 1.37 bits per heavy atom. The van der Waals surface area contributed by atoms with E-state index in [4.69, 9.17) is 0 Å². The van der Waals surface area contributed by atoms with Crippen LogP contribution in [0.3, 0.4) is 0 Å². The van der Waals surface area contributed by atoms with Crippen molar-refractivity contribution < 1.29 is 4.79 Å². The Balaban J connectivity index is 2.18. The van der Waals surface area contributed by atoms with E-state index in [2.05, 4.69) is 33.4 Å². The van der Waals surface area contributed by atoms with Gasteiger partial charge in [0.05, 0.1) is 5.41 Å². The monoisotopic (exact) mass is 324 g/mol. The summed E-state index contributed by atoms with van der Waals surface area (Å²) in [6.45, 7) is 1.59. The lowest BCUT2D eigenvalue weighted by Gasteiger charge is -2.43. The van der Waals surface area contributed by atoms with Gasteiger partial charge in [-0.05, 0) is 37.6 Å². The van der Waals surface area contributed by atoms with Crippen LogP contribution in [0, 0.1) is 0 Å². The molecular formula is C15H21BrN2O. The van der Waals surface area contributed by atoms with E-state index in [1.807, 2.05) is 31.1 Å². The topological polar surface area (TPSA) is 32.3 Å². The number of nitrogens with zero attached hydrogens (tertiary/aromatic N) is 1. The van der Waals surface area contributed by atoms with E-state index < -0.39 is 0 Å². The summed E-state index contributed by atoms with van der Waals surface area (Å²) in [4.78, 5) is 14.6. The highest BCUT2D eigenvalue weighted by Crippen LogP contribution is 2.45. The summed E-state index contributed by atoms with van der Waals surface area (Å²) >= 11 is 3.45. The number of hydrogen-bond acceptors (Lipinski definition) is 2. The SMILES string of the molecule is CNCCN(C)C(=O)C1(c2ccc(Br)cc2)CCC1. The van der Waals surface area contributed by atoms with Gasteiger partial charge in [-0.25, -0.2) is 0 Å². The minimum atomic E-state index is -0.275. The molecule has 1 aliphatic carbocycles. The Bertz CT molecular complexity index is 440. The fourth-order valence-electron chi connectivity index (χ4n) is 2.67. The molecule has 1 fully saturated rings. The number of rotatable bonds is 5. The van der Waals surface area contributed by atoms with Gasteiger partial charge in [-0.3, -0.25) is 4.79 Å². The van der Waals surface area contributed by atoms with Gasteiger partial charge in [-0.2, -0.15) is 0 Å². The number of hydrogen-bond donors (Lipinski definition) is 1. The maximum atomic E-state index is 12.7. The molecule has 0 bridgehead atoms. The first-order valence-electron chi connectivity index (χ1n) is 6.76. The summed E-state index contributed by atoms with van der Waals surface area (Å²) in [6, 6.07) is 8.20. The van der Waals surface area contributed by atoms with Gasteiger partial charge in [0.1, 0.15) is 0 Å². The molecule has 19 heavy (non-hydrogen) atoms. The Morgan fingerprint density at radius 2 is 2.00 bits per heavy atom. The summed E-state index contributed by atoms with van der Waals surface area (Å²) in [5.74, 6) is 0.260. The van der Waals surface area contributed by atoms with E-state index in [0.717, 1.165) is 42.4 Å². The molecular weight excluding hydrogens is 304 g/mol. The summed E-state index contributed by atoms with van der Waals surface area (Å²) < 4.78 is 1.06. The third-order valence-electron chi connectivity index (χ3n) is 4.06. The van der Waals surface area contributed by atoms with E-state index in [-0.39, 0.29) is 11.3 Å². The van der Waals surface area contributed by atoms with Crippen LogP contribution in [0.4, 0.5) is 0 Å². The average molecular weight is 325 g/mol. The summed E-state index contributed by atoms with van der Waals surface area (Å²) in [7, 11) is 3.81. The van der Waals surface area contributed by atoms with Crippen molar-refractivity contribution in [3.05, 3.63) is 34.3 Å². The second kappa shape index (κ2) is 6.06. The van der Waals surface area contributed by atoms with Crippen LogP contribution in [0.1, 0.15) is 24.8 Å². The molecule has 1 aliphatic rings. The molecule has 1 saturated carbocycles. The van der Waals surface area contributed by atoms with Crippen LogP contribution in [0.25, 0.3) is 0 Å². The van der Waals surface area contributed by atoms with Crippen molar-refractivity contribution in [3.8, 4) is 0 Å². The van der Waals surface area contributed by atoms with Crippen molar-refractivity contribution in [2.45, 2.75) is 24.7 Å². The fraction of sp³-hybridized carbons (Fsp3) is 0.533. The van der Waals surface area contributed by atoms with Crippen LogP contribution in [0.2, 0.25) is 0 Å². The maximum Gasteiger partial charge on any atom is 0.233 e. The van der Waals surface area contributed by atoms with E-state index in [1.54, 1.807) is 0 Å². The van der Waals surface area contributed by atoms with Crippen molar-refractivity contribution in [3.63, 3.8) is 0 Å². The lowest BCUT2D eigenvalue weighted by Crippen LogP contribution is -2.50. The first-order valence-corrected chi connectivity index (χ1v) is 7.56. The maximum absolute atomic E-state index is 12.7. The molecule has 0 spiro atoms. The Kier molecular flexibility index (Phi) is 4.63. The largest absolute Gasteiger partial charge is 0.344 e. The van der Waals surface area contributed by atoms with Gasteiger partial charge >= 0.3 is 0 Å². The molecule has 1 amide bonds. The van der Waals surface area contributed by atoms with E-state index in [1.165, 1.54) is 0 Å². The third-order valence-corrected chi connectivity index (χ3v) is 4.59. The predicted molar refractivity (Wildman–Crippen MR) is 81.2 cm³/mol.